The molecule has 2 bridgehead atoms. The van der Waals surface area contributed by atoms with Crippen molar-refractivity contribution in [3.8, 4) is 23.0 Å². The normalized spacial score (nSPS) is 27.5. The van der Waals surface area contributed by atoms with Gasteiger partial charge >= 0.3 is 12.2 Å². The number of fused-ring (bicyclic) bond motifs is 6. The molecule has 1 aromatic carbocycles. The standard InChI is InChI=1S/C30H30ClF4N7O2/c1-13-8-29(5-6-41(29)9-13)12-44-28-39-25-20-26(43-11-17-16-4-3-15(37-16)10-42(17)27(20)40-28)22(31)19(23(25)32)24-21(30(33,34)35)14(2)7-18(36)38-24/h7,15-17,37H,1,3-6,8-12H2,2H3,(H2,36,38)/t15-,16+,17-,29-/m1/s1. The first-order valence-corrected chi connectivity index (χ1v) is 15.1. The Labute approximate surface area is 255 Å². The summed E-state index contributed by atoms with van der Waals surface area (Å²) in [4.78, 5) is 17.6. The highest BCUT2D eigenvalue weighted by Gasteiger charge is 2.50. The van der Waals surface area contributed by atoms with Gasteiger partial charge in [0, 0.05) is 31.7 Å². The number of piperazine rings is 1. The van der Waals surface area contributed by atoms with Crippen molar-refractivity contribution in [3.05, 3.63) is 40.2 Å². The van der Waals surface area contributed by atoms with Gasteiger partial charge in [0.15, 0.2) is 11.6 Å². The van der Waals surface area contributed by atoms with Gasteiger partial charge in [-0.1, -0.05) is 23.8 Å². The van der Waals surface area contributed by atoms with Gasteiger partial charge in [0.25, 0.3) is 0 Å². The first kappa shape index (κ1) is 28.1. The van der Waals surface area contributed by atoms with Crippen LogP contribution in [-0.4, -0.2) is 76.4 Å². The third kappa shape index (κ3) is 4.08. The first-order chi connectivity index (χ1) is 20.9. The Kier molecular flexibility index (Phi) is 6.09. The maximum absolute atomic E-state index is 16.8. The maximum atomic E-state index is 16.8. The minimum Gasteiger partial charge on any atom is -0.489 e. The highest BCUT2D eigenvalue weighted by atomic mass is 35.5. The molecule has 14 heteroatoms. The molecule has 4 fully saturated rings. The molecular formula is C30H30ClF4N7O2. The van der Waals surface area contributed by atoms with Crippen LogP contribution < -0.4 is 25.4 Å². The minimum absolute atomic E-state index is 0.00995. The summed E-state index contributed by atoms with van der Waals surface area (Å²) in [5, 5.41) is 3.46. The number of aromatic nitrogens is 3. The fourth-order valence-electron chi connectivity index (χ4n) is 7.83. The fraction of sp³-hybridized carbons (Fsp3) is 0.500. The summed E-state index contributed by atoms with van der Waals surface area (Å²) in [6.45, 7) is 8.13. The van der Waals surface area contributed by atoms with Crippen molar-refractivity contribution in [1.29, 1.82) is 0 Å². The lowest BCUT2D eigenvalue weighted by Crippen LogP contribution is -2.60. The molecule has 4 atom stereocenters. The number of nitrogen functional groups attached to an aromatic ring is 1. The van der Waals surface area contributed by atoms with E-state index in [1.807, 2.05) is 0 Å². The lowest BCUT2D eigenvalue weighted by Gasteiger charge is -2.47. The summed E-state index contributed by atoms with van der Waals surface area (Å²) < 4.78 is 72.4. The fourth-order valence-corrected chi connectivity index (χ4v) is 8.15. The van der Waals surface area contributed by atoms with Crippen molar-refractivity contribution in [2.75, 3.05) is 43.5 Å². The molecule has 5 aliphatic rings. The monoisotopic (exact) mass is 631 g/mol. The van der Waals surface area contributed by atoms with Gasteiger partial charge in [-0.25, -0.2) is 9.37 Å². The van der Waals surface area contributed by atoms with Crippen LogP contribution >= 0.6 is 11.6 Å². The number of rotatable bonds is 4. The van der Waals surface area contributed by atoms with Crippen molar-refractivity contribution < 1.29 is 27.0 Å². The van der Waals surface area contributed by atoms with Crippen LogP contribution in [0.25, 0.3) is 22.2 Å². The molecule has 0 saturated carbocycles. The second kappa shape index (κ2) is 9.54. The van der Waals surface area contributed by atoms with Gasteiger partial charge in [0.1, 0.15) is 30.4 Å². The molecule has 7 heterocycles. The smallest absolute Gasteiger partial charge is 0.418 e. The van der Waals surface area contributed by atoms with E-state index in [1.165, 1.54) is 6.92 Å². The van der Waals surface area contributed by atoms with E-state index in [9.17, 15) is 13.2 Å². The number of hydrogen-bond acceptors (Lipinski definition) is 9. The number of nitrogens with two attached hydrogens (primary N) is 1. The third-order valence-electron chi connectivity index (χ3n) is 9.91. The second-order valence-electron chi connectivity index (χ2n) is 12.7. The van der Waals surface area contributed by atoms with Crippen molar-refractivity contribution in [2.24, 2.45) is 0 Å². The number of nitrogens with one attached hydrogen (secondary N) is 1. The lowest BCUT2D eigenvalue weighted by molar-refractivity contribution is -0.137. The number of alkyl halides is 3. The van der Waals surface area contributed by atoms with Crippen LogP contribution in [0, 0.1) is 12.7 Å². The molecule has 0 amide bonds. The van der Waals surface area contributed by atoms with E-state index < -0.39 is 28.8 Å². The predicted octanol–water partition coefficient (Wildman–Crippen LogP) is 4.88. The number of pyridine rings is 1. The summed E-state index contributed by atoms with van der Waals surface area (Å²) in [5.74, 6) is -0.888. The molecule has 2 aromatic heterocycles. The zero-order valence-corrected chi connectivity index (χ0v) is 24.7. The molecule has 9 nitrogen and oxygen atoms in total. The lowest BCUT2D eigenvalue weighted by atomic mass is 9.85. The summed E-state index contributed by atoms with van der Waals surface area (Å²) in [5.41, 5.74) is 3.88. The Morgan fingerprint density at radius 1 is 1.27 bits per heavy atom. The van der Waals surface area contributed by atoms with E-state index >= 15 is 4.39 Å². The Bertz CT molecular complexity index is 1750. The highest BCUT2D eigenvalue weighted by molar-refractivity contribution is 6.36. The van der Waals surface area contributed by atoms with E-state index in [2.05, 4.69) is 31.7 Å². The van der Waals surface area contributed by atoms with Crippen LogP contribution in [0.15, 0.2) is 18.2 Å². The van der Waals surface area contributed by atoms with Crippen molar-refractivity contribution in [1.82, 2.24) is 25.2 Å². The average molecular weight is 632 g/mol. The Hall–Kier alpha value is -3.42. The number of nitrogens with zero attached hydrogens (tertiary/aromatic N) is 5. The third-order valence-corrected chi connectivity index (χ3v) is 10.3. The van der Waals surface area contributed by atoms with Gasteiger partial charge in [0.05, 0.1) is 38.8 Å². The average Bonchev–Trinajstić information content (AvgIpc) is 3.36. The molecule has 0 unspecified atom stereocenters. The van der Waals surface area contributed by atoms with E-state index in [4.69, 9.17) is 31.8 Å². The topological polar surface area (TPSA) is 102 Å². The molecule has 0 spiro atoms. The van der Waals surface area contributed by atoms with Crippen molar-refractivity contribution >= 4 is 34.1 Å². The molecule has 0 radical (unpaired) electrons. The Morgan fingerprint density at radius 2 is 2.09 bits per heavy atom. The van der Waals surface area contributed by atoms with Crippen molar-refractivity contribution in [2.45, 2.75) is 62.4 Å². The number of ether oxygens (including phenoxy) is 2. The number of benzene rings is 1. The van der Waals surface area contributed by atoms with Crippen molar-refractivity contribution in [3.63, 3.8) is 0 Å². The SMILES string of the molecule is C=C1CN2CC[C@]2(COc2nc3c4c(c(Cl)c(-c5nc(N)cc(C)c5C(F)(F)F)c(F)c4n2)OC[C@@H]2[C@@H]4CC[C@H](CN32)N4)C1. The molecule has 4 saturated heterocycles. The summed E-state index contributed by atoms with van der Waals surface area (Å²) in [6, 6.07) is 1.14. The van der Waals surface area contributed by atoms with E-state index in [-0.39, 0.29) is 75.9 Å². The van der Waals surface area contributed by atoms with Crippen LogP contribution in [0.2, 0.25) is 5.02 Å². The van der Waals surface area contributed by atoms with Gasteiger partial charge in [-0.2, -0.15) is 23.1 Å². The summed E-state index contributed by atoms with van der Waals surface area (Å²) in [6.07, 6.45) is -1.28. The molecular weight excluding hydrogens is 602 g/mol. The van der Waals surface area contributed by atoms with Crippen LogP contribution in [0.3, 0.4) is 0 Å². The van der Waals surface area contributed by atoms with E-state index in [0.29, 0.717) is 12.4 Å². The number of anilines is 2. The van der Waals surface area contributed by atoms with E-state index in [1.54, 1.807) is 0 Å². The van der Waals surface area contributed by atoms with Gasteiger partial charge in [0.2, 0.25) is 0 Å². The number of aryl methyl sites for hydroxylation is 1. The van der Waals surface area contributed by atoms with Crippen LogP contribution in [0.4, 0.5) is 29.2 Å². The molecule has 3 aromatic rings. The molecule has 5 aliphatic heterocycles. The zero-order valence-electron chi connectivity index (χ0n) is 23.9. The van der Waals surface area contributed by atoms with Gasteiger partial charge in [-0.05, 0) is 44.2 Å². The quantitative estimate of drug-likeness (QED) is 0.308. The second-order valence-corrected chi connectivity index (χ2v) is 13.0. The van der Waals surface area contributed by atoms with Crippen LogP contribution in [0.1, 0.15) is 36.8 Å². The number of hydrogen-bond donors (Lipinski definition) is 2. The highest BCUT2D eigenvalue weighted by Crippen LogP contribution is 2.51. The minimum atomic E-state index is -4.87. The molecule has 3 N–H and O–H groups in total. The van der Waals surface area contributed by atoms with Crippen LogP contribution in [-0.2, 0) is 6.18 Å². The largest absolute Gasteiger partial charge is 0.489 e. The van der Waals surface area contributed by atoms with Gasteiger partial charge in [-0.3, -0.25) is 4.90 Å². The zero-order chi connectivity index (χ0) is 30.7. The molecule has 8 rings (SSSR count). The molecule has 232 valence electrons. The maximum Gasteiger partial charge on any atom is 0.418 e. The Morgan fingerprint density at radius 3 is 2.82 bits per heavy atom. The van der Waals surface area contributed by atoms with Gasteiger partial charge < -0.3 is 25.4 Å². The van der Waals surface area contributed by atoms with Gasteiger partial charge in [-0.15, -0.1) is 0 Å². The molecule has 0 aliphatic carbocycles. The molecule has 44 heavy (non-hydrogen) atoms. The van der Waals surface area contributed by atoms with E-state index in [0.717, 1.165) is 50.4 Å². The van der Waals surface area contributed by atoms with Crippen LogP contribution in [0.5, 0.6) is 11.8 Å². The first-order valence-electron chi connectivity index (χ1n) is 14.7. The number of halogens is 5. The Balaban J connectivity index is 1.34. The summed E-state index contributed by atoms with van der Waals surface area (Å²) >= 11 is 6.80. The predicted molar refractivity (Wildman–Crippen MR) is 157 cm³/mol. The summed E-state index contributed by atoms with van der Waals surface area (Å²) in [7, 11) is 0.